The van der Waals surface area contributed by atoms with E-state index in [1.54, 1.807) is 7.05 Å². The second-order valence-electron chi connectivity index (χ2n) is 4.11. The van der Waals surface area contributed by atoms with Crippen LogP contribution in [0.15, 0.2) is 18.2 Å². The second-order valence-corrected chi connectivity index (χ2v) is 4.11. The first kappa shape index (κ1) is 10.7. The predicted molar refractivity (Wildman–Crippen MR) is 59.6 cm³/mol. The van der Waals surface area contributed by atoms with E-state index in [2.05, 4.69) is 0 Å². The van der Waals surface area contributed by atoms with Gasteiger partial charge >= 0.3 is 5.97 Å². The molecule has 0 saturated carbocycles. The first-order chi connectivity index (χ1) is 7.50. The van der Waals surface area contributed by atoms with Crippen LogP contribution in [0.3, 0.4) is 0 Å². The number of nitrogens with zero attached hydrogens (tertiary/aromatic N) is 1. The van der Waals surface area contributed by atoms with Gasteiger partial charge in [-0.1, -0.05) is 17.7 Å². The zero-order valence-electron chi connectivity index (χ0n) is 9.23. The number of aryl methyl sites for hydroxylation is 1. The van der Waals surface area contributed by atoms with Crippen LogP contribution in [0, 0.1) is 6.92 Å². The Morgan fingerprint density at radius 3 is 2.81 bits per heavy atom. The van der Waals surface area contributed by atoms with Crippen LogP contribution in [-0.4, -0.2) is 24.0 Å². The molecular weight excluding hydrogens is 206 g/mol. The van der Waals surface area contributed by atoms with Gasteiger partial charge in [-0.15, -0.1) is 0 Å². The molecule has 84 valence electrons. The zero-order valence-corrected chi connectivity index (χ0v) is 9.23. The highest BCUT2D eigenvalue weighted by Crippen LogP contribution is 2.38. The van der Waals surface area contributed by atoms with Crippen LogP contribution in [0.4, 0.5) is 5.69 Å². The van der Waals surface area contributed by atoms with Crippen molar-refractivity contribution in [3.8, 4) is 0 Å². The standard InChI is InChI=1S/C12H13NO3/c1-7-3-4-10-8(5-7)9(6-11(14)15)12(16)13(10)2/h3-5,9H,6H2,1-2H3,(H,14,15). The van der Waals surface area contributed by atoms with Crippen LogP contribution in [0.5, 0.6) is 0 Å². The molecule has 0 spiro atoms. The van der Waals surface area contributed by atoms with Gasteiger partial charge in [-0.05, 0) is 18.6 Å². The lowest BCUT2D eigenvalue weighted by atomic mass is 9.96. The molecule has 1 amide bonds. The molecule has 0 aliphatic carbocycles. The molecule has 1 heterocycles. The topological polar surface area (TPSA) is 57.6 Å². The van der Waals surface area contributed by atoms with Crippen LogP contribution < -0.4 is 4.90 Å². The summed E-state index contributed by atoms with van der Waals surface area (Å²) in [7, 11) is 1.68. The molecule has 0 aromatic heterocycles. The highest BCUT2D eigenvalue weighted by molar-refractivity contribution is 6.06. The Kier molecular flexibility index (Phi) is 2.42. The number of aliphatic carboxylic acids is 1. The number of likely N-dealkylation sites (N-methyl/N-ethyl adjacent to an activating group) is 1. The normalized spacial score (nSPS) is 18.8. The Balaban J connectivity index is 2.47. The van der Waals surface area contributed by atoms with Crippen LogP contribution in [0.2, 0.25) is 0 Å². The zero-order chi connectivity index (χ0) is 11.9. The number of fused-ring (bicyclic) bond motifs is 1. The van der Waals surface area contributed by atoms with E-state index in [-0.39, 0.29) is 12.3 Å². The fraction of sp³-hybridized carbons (Fsp3) is 0.333. The fourth-order valence-electron chi connectivity index (χ4n) is 2.12. The summed E-state index contributed by atoms with van der Waals surface area (Å²) in [5, 5.41) is 8.80. The summed E-state index contributed by atoms with van der Waals surface area (Å²) in [6, 6.07) is 5.68. The van der Waals surface area contributed by atoms with Gasteiger partial charge in [-0.2, -0.15) is 0 Å². The minimum absolute atomic E-state index is 0.136. The molecule has 0 fully saturated rings. The molecular formula is C12H13NO3. The number of carboxylic acids is 1. The number of benzene rings is 1. The van der Waals surface area contributed by atoms with Gasteiger partial charge in [-0.3, -0.25) is 9.59 Å². The molecule has 1 aromatic rings. The van der Waals surface area contributed by atoms with Gasteiger partial charge in [0.25, 0.3) is 0 Å². The van der Waals surface area contributed by atoms with Gasteiger partial charge in [0.15, 0.2) is 0 Å². The summed E-state index contributed by atoms with van der Waals surface area (Å²) in [4.78, 5) is 24.1. The summed E-state index contributed by atoms with van der Waals surface area (Å²) in [5.74, 6) is -1.61. The molecule has 0 radical (unpaired) electrons. The van der Waals surface area contributed by atoms with Crippen LogP contribution >= 0.6 is 0 Å². The minimum Gasteiger partial charge on any atom is -0.481 e. The third kappa shape index (κ3) is 1.56. The van der Waals surface area contributed by atoms with Gasteiger partial charge < -0.3 is 10.0 Å². The summed E-state index contributed by atoms with van der Waals surface area (Å²) in [5.41, 5.74) is 2.69. The van der Waals surface area contributed by atoms with Crippen molar-refractivity contribution in [1.29, 1.82) is 0 Å². The van der Waals surface area contributed by atoms with Crippen molar-refractivity contribution in [2.75, 3.05) is 11.9 Å². The Morgan fingerprint density at radius 2 is 2.19 bits per heavy atom. The van der Waals surface area contributed by atoms with Gasteiger partial charge in [0.2, 0.25) is 5.91 Å². The van der Waals surface area contributed by atoms with Crippen LogP contribution in [0.25, 0.3) is 0 Å². The Labute approximate surface area is 93.5 Å². The van der Waals surface area contributed by atoms with E-state index >= 15 is 0 Å². The molecule has 1 aromatic carbocycles. The molecule has 2 rings (SSSR count). The predicted octanol–water partition coefficient (Wildman–Crippen LogP) is 1.53. The van der Waals surface area contributed by atoms with E-state index in [0.717, 1.165) is 16.8 Å². The van der Waals surface area contributed by atoms with Crippen molar-refractivity contribution in [2.24, 2.45) is 0 Å². The smallest absolute Gasteiger partial charge is 0.304 e. The van der Waals surface area contributed by atoms with E-state index in [1.807, 2.05) is 25.1 Å². The molecule has 4 nitrogen and oxygen atoms in total. The maximum Gasteiger partial charge on any atom is 0.304 e. The Bertz CT molecular complexity index is 467. The third-order valence-corrected chi connectivity index (χ3v) is 2.93. The summed E-state index contributed by atoms with van der Waals surface area (Å²) < 4.78 is 0. The monoisotopic (exact) mass is 219 g/mol. The molecule has 16 heavy (non-hydrogen) atoms. The van der Waals surface area contributed by atoms with E-state index in [4.69, 9.17) is 5.11 Å². The molecule has 1 unspecified atom stereocenters. The van der Waals surface area contributed by atoms with Crippen molar-refractivity contribution < 1.29 is 14.7 Å². The summed E-state index contributed by atoms with van der Waals surface area (Å²) >= 11 is 0. The third-order valence-electron chi connectivity index (χ3n) is 2.93. The highest BCUT2D eigenvalue weighted by atomic mass is 16.4. The molecule has 1 aliphatic heterocycles. The first-order valence-electron chi connectivity index (χ1n) is 5.10. The molecule has 1 N–H and O–H groups in total. The number of amides is 1. The van der Waals surface area contributed by atoms with Gasteiger partial charge in [0.1, 0.15) is 0 Å². The molecule has 0 saturated heterocycles. The maximum atomic E-state index is 11.9. The van der Waals surface area contributed by atoms with Crippen molar-refractivity contribution in [3.05, 3.63) is 29.3 Å². The number of hydrogen-bond acceptors (Lipinski definition) is 2. The van der Waals surface area contributed by atoms with E-state index in [0.29, 0.717) is 0 Å². The quantitative estimate of drug-likeness (QED) is 0.820. The first-order valence-corrected chi connectivity index (χ1v) is 5.10. The Hall–Kier alpha value is -1.84. The number of anilines is 1. The van der Waals surface area contributed by atoms with Crippen LogP contribution in [0.1, 0.15) is 23.5 Å². The molecule has 0 bridgehead atoms. The lowest BCUT2D eigenvalue weighted by Gasteiger charge is -2.09. The number of carboxylic acid groups (broad SMARTS) is 1. The largest absolute Gasteiger partial charge is 0.481 e. The Morgan fingerprint density at radius 1 is 1.50 bits per heavy atom. The second kappa shape index (κ2) is 3.63. The number of carbonyl (C=O) groups excluding carboxylic acids is 1. The number of rotatable bonds is 2. The fourth-order valence-corrected chi connectivity index (χ4v) is 2.12. The average molecular weight is 219 g/mol. The van der Waals surface area contributed by atoms with Crippen molar-refractivity contribution >= 4 is 17.6 Å². The number of carbonyl (C=O) groups is 2. The lowest BCUT2D eigenvalue weighted by molar-refractivity contribution is -0.139. The highest BCUT2D eigenvalue weighted by Gasteiger charge is 2.36. The molecule has 1 aliphatic rings. The minimum atomic E-state index is -0.943. The number of hydrogen-bond donors (Lipinski definition) is 1. The van der Waals surface area contributed by atoms with Crippen molar-refractivity contribution in [1.82, 2.24) is 0 Å². The maximum absolute atomic E-state index is 11.9. The van der Waals surface area contributed by atoms with Crippen molar-refractivity contribution in [2.45, 2.75) is 19.3 Å². The van der Waals surface area contributed by atoms with Gasteiger partial charge in [0, 0.05) is 12.7 Å². The average Bonchev–Trinajstić information content (AvgIpc) is 2.43. The molecule has 4 heteroatoms. The van der Waals surface area contributed by atoms with Crippen LogP contribution in [-0.2, 0) is 9.59 Å². The van der Waals surface area contributed by atoms with E-state index in [1.165, 1.54) is 4.90 Å². The SMILES string of the molecule is Cc1ccc2c(c1)C(CC(=O)O)C(=O)N2C. The lowest BCUT2D eigenvalue weighted by Crippen LogP contribution is -2.25. The summed E-state index contributed by atoms with van der Waals surface area (Å²) in [6.07, 6.45) is -0.139. The molecule has 1 atom stereocenters. The summed E-state index contributed by atoms with van der Waals surface area (Å²) in [6.45, 7) is 1.93. The van der Waals surface area contributed by atoms with Gasteiger partial charge in [0.05, 0.1) is 12.3 Å². The van der Waals surface area contributed by atoms with Crippen molar-refractivity contribution in [3.63, 3.8) is 0 Å². The van der Waals surface area contributed by atoms with Gasteiger partial charge in [-0.25, -0.2) is 0 Å². The van der Waals surface area contributed by atoms with E-state index < -0.39 is 11.9 Å². The van der Waals surface area contributed by atoms with E-state index in [9.17, 15) is 9.59 Å².